The van der Waals surface area contributed by atoms with E-state index in [-0.39, 0.29) is 25.6 Å². The number of hydrogen-bond donors (Lipinski definition) is 4. The minimum Gasteiger partial charge on any atom is -0.497 e. The van der Waals surface area contributed by atoms with Crippen molar-refractivity contribution in [2.45, 2.75) is 18.6 Å². The van der Waals surface area contributed by atoms with Gasteiger partial charge in [0.15, 0.2) is 0 Å². The number of aliphatic hydroxyl groups excluding tert-OH is 2. The minimum absolute atomic E-state index is 0. The lowest BCUT2D eigenvalue weighted by Gasteiger charge is -2.13. The van der Waals surface area contributed by atoms with Crippen LogP contribution in [0, 0.1) is 0 Å². The summed E-state index contributed by atoms with van der Waals surface area (Å²) in [5.74, 6) is -0.283. The van der Waals surface area contributed by atoms with Crippen molar-refractivity contribution in [2.24, 2.45) is 5.73 Å². The van der Waals surface area contributed by atoms with Crippen LogP contribution in [-0.2, 0) is 25.6 Å². The molecule has 2 unspecified atom stereocenters. The first-order valence-corrected chi connectivity index (χ1v) is 7.42. The first-order valence-electron chi connectivity index (χ1n) is 7.42. The molecule has 0 amide bonds. The number of carbonyl (C=O) groups excluding carboxylic acids is 2. The quantitative estimate of drug-likeness (QED) is 0.418. The highest BCUT2D eigenvalue weighted by Crippen LogP contribution is 2.11. The third-order valence-corrected chi connectivity index (χ3v) is 3.08. The molecule has 1 aromatic carbocycles. The van der Waals surface area contributed by atoms with Crippen molar-refractivity contribution in [3.8, 4) is 5.75 Å². The lowest BCUT2D eigenvalue weighted by Crippen LogP contribution is -2.40. The highest BCUT2D eigenvalue weighted by Gasteiger charge is 2.16. The molecule has 0 radical (unpaired) electrons. The average Bonchev–Trinajstić information content (AvgIpc) is 2.67. The number of benzene rings is 1. The Labute approximate surface area is 158 Å². The molecule has 0 aliphatic rings. The van der Waals surface area contributed by atoms with Gasteiger partial charge in [0.2, 0.25) is 0 Å². The molecule has 0 aromatic heterocycles. The number of aliphatic hydroxyl groups is 2. The fourth-order valence-electron chi connectivity index (χ4n) is 1.58. The van der Waals surface area contributed by atoms with Crippen molar-refractivity contribution in [1.82, 2.24) is 5.32 Å². The third-order valence-electron chi connectivity index (χ3n) is 3.08. The van der Waals surface area contributed by atoms with Gasteiger partial charge in [-0.2, -0.15) is 0 Å². The number of rotatable bonds is 8. The molecule has 0 saturated heterocycles. The molecule has 150 valence electrons. The Morgan fingerprint density at radius 3 is 1.92 bits per heavy atom. The van der Waals surface area contributed by atoms with Gasteiger partial charge in [-0.15, -0.1) is 12.4 Å². The fraction of sp³-hybridized carbons (Fsp3) is 0.500. The van der Waals surface area contributed by atoms with Crippen molar-refractivity contribution in [3.63, 3.8) is 0 Å². The van der Waals surface area contributed by atoms with E-state index in [1.54, 1.807) is 7.11 Å². The van der Waals surface area contributed by atoms with Crippen LogP contribution in [0.1, 0.15) is 5.56 Å². The summed E-state index contributed by atoms with van der Waals surface area (Å²) >= 11 is 0. The zero-order valence-corrected chi connectivity index (χ0v) is 15.8. The predicted molar refractivity (Wildman–Crippen MR) is 97.0 cm³/mol. The van der Waals surface area contributed by atoms with E-state index in [0.29, 0.717) is 6.54 Å². The van der Waals surface area contributed by atoms with Crippen molar-refractivity contribution in [2.75, 3.05) is 34.5 Å². The van der Waals surface area contributed by atoms with E-state index >= 15 is 0 Å². The maximum Gasteiger partial charge on any atom is 0.325 e. The van der Waals surface area contributed by atoms with E-state index in [9.17, 15) is 9.59 Å². The Balaban J connectivity index is 0. The summed E-state index contributed by atoms with van der Waals surface area (Å²) in [6.07, 6.45) is 0. The summed E-state index contributed by atoms with van der Waals surface area (Å²) in [6, 6.07) is 5.86. The maximum atomic E-state index is 11.2. The highest BCUT2D eigenvalue weighted by atomic mass is 35.5. The van der Waals surface area contributed by atoms with E-state index in [1.165, 1.54) is 14.2 Å². The average molecular weight is 395 g/mol. The van der Waals surface area contributed by atoms with Gasteiger partial charge >= 0.3 is 11.9 Å². The van der Waals surface area contributed by atoms with Gasteiger partial charge in [0.05, 0.1) is 34.5 Å². The smallest absolute Gasteiger partial charge is 0.325 e. The number of methoxy groups -OCH3 is 3. The van der Waals surface area contributed by atoms with E-state index in [2.05, 4.69) is 14.8 Å². The molecule has 10 heteroatoms. The van der Waals surface area contributed by atoms with Gasteiger partial charge in [0, 0.05) is 6.54 Å². The molecule has 2 atom stereocenters. The zero-order valence-electron chi connectivity index (χ0n) is 15.0. The molecule has 0 spiro atoms. The number of carbonyl (C=O) groups is 2. The van der Waals surface area contributed by atoms with Gasteiger partial charge in [-0.3, -0.25) is 14.9 Å². The number of ether oxygens (including phenoxy) is 3. The molecule has 0 aliphatic heterocycles. The molecule has 0 aliphatic carbocycles. The van der Waals surface area contributed by atoms with Crippen LogP contribution < -0.4 is 15.8 Å². The SMILES string of the molecule is COC(=O)C(CO)NCc1ccc(OC)cc1.COC(=O)C(N)CO.Cl. The van der Waals surface area contributed by atoms with Gasteiger partial charge in [-0.1, -0.05) is 12.1 Å². The molecule has 9 nitrogen and oxygen atoms in total. The second-order valence-electron chi connectivity index (χ2n) is 4.80. The predicted octanol–water partition coefficient (Wildman–Crippen LogP) is -0.780. The fourth-order valence-corrected chi connectivity index (χ4v) is 1.58. The topological polar surface area (TPSA) is 140 Å². The van der Waals surface area contributed by atoms with Crippen LogP contribution in [0.5, 0.6) is 5.75 Å². The van der Waals surface area contributed by atoms with E-state index in [0.717, 1.165) is 11.3 Å². The summed E-state index contributed by atoms with van der Waals surface area (Å²) in [5.41, 5.74) is 6.00. The molecule has 26 heavy (non-hydrogen) atoms. The molecular formula is C16H27ClN2O7. The number of nitrogens with two attached hydrogens (primary N) is 1. The third kappa shape index (κ3) is 10.2. The van der Waals surface area contributed by atoms with Crippen molar-refractivity contribution in [3.05, 3.63) is 29.8 Å². The second kappa shape index (κ2) is 15.4. The van der Waals surface area contributed by atoms with E-state index < -0.39 is 24.0 Å². The Morgan fingerprint density at radius 2 is 1.58 bits per heavy atom. The molecule has 1 rings (SSSR count). The van der Waals surface area contributed by atoms with Gasteiger partial charge in [0.1, 0.15) is 17.8 Å². The zero-order chi connectivity index (χ0) is 19.2. The monoisotopic (exact) mass is 394 g/mol. The van der Waals surface area contributed by atoms with Crippen LogP contribution in [0.4, 0.5) is 0 Å². The first kappa shape index (κ1) is 26.3. The number of nitrogens with one attached hydrogen (secondary N) is 1. The lowest BCUT2D eigenvalue weighted by molar-refractivity contribution is -0.144. The van der Waals surface area contributed by atoms with Crippen LogP contribution in [0.3, 0.4) is 0 Å². The Morgan fingerprint density at radius 1 is 1.04 bits per heavy atom. The molecule has 0 bridgehead atoms. The standard InChI is InChI=1S/C12H17NO4.C4H9NO3.ClH/c1-16-10-5-3-9(4-6-10)7-13-11(8-14)12(15)17-2;1-8-4(7)3(5)2-6;/h3-6,11,13-14H,7-8H2,1-2H3;3,6H,2,5H2,1H3;1H. The van der Waals surface area contributed by atoms with Crippen molar-refractivity contribution >= 4 is 24.3 Å². The summed E-state index contributed by atoms with van der Waals surface area (Å²) in [6.45, 7) is -0.181. The Bertz CT molecular complexity index is 514. The van der Waals surface area contributed by atoms with Crippen LogP contribution in [0.15, 0.2) is 24.3 Å². The summed E-state index contributed by atoms with van der Waals surface area (Å²) in [7, 11) is 4.12. The Kier molecular flexibility index (Phi) is 15.5. The molecule has 1 aromatic rings. The van der Waals surface area contributed by atoms with Gasteiger partial charge in [-0.05, 0) is 17.7 Å². The summed E-state index contributed by atoms with van der Waals surface area (Å²) < 4.78 is 13.8. The highest BCUT2D eigenvalue weighted by molar-refractivity contribution is 5.85. The molecule has 5 N–H and O–H groups in total. The number of hydrogen-bond acceptors (Lipinski definition) is 9. The summed E-state index contributed by atoms with van der Waals surface area (Å²) in [5, 5.41) is 20.1. The molecule has 0 fully saturated rings. The van der Waals surface area contributed by atoms with E-state index in [4.69, 9.17) is 20.7 Å². The van der Waals surface area contributed by atoms with Crippen molar-refractivity contribution in [1.29, 1.82) is 0 Å². The normalized spacial score (nSPS) is 11.8. The van der Waals surface area contributed by atoms with Gasteiger partial charge in [-0.25, -0.2) is 0 Å². The van der Waals surface area contributed by atoms with Gasteiger partial charge in [0.25, 0.3) is 0 Å². The largest absolute Gasteiger partial charge is 0.497 e. The maximum absolute atomic E-state index is 11.2. The van der Waals surface area contributed by atoms with E-state index in [1.807, 2.05) is 24.3 Å². The summed E-state index contributed by atoms with van der Waals surface area (Å²) in [4.78, 5) is 21.4. The van der Waals surface area contributed by atoms with Crippen LogP contribution >= 0.6 is 12.4 Å². The molecular weight excluding hydrogens is 368 g/mol. The molecule has 0 heterocycles. The van der Waals surface area contributed by atoms with Crippen LogP contribution in [0.2, 0.25) is 0 Å². The Hall–Kier alpha value is -1.91. The molecule has 0 saturated carbocycles. The lowest BCUT2D eigenvalue weighted by atomic mass is 10.2. The minimum atomic E-state index is -0.889. The number of esters is 2. The van der Waals surface area contributed by atoms with Crippen LogP contribution in [0.25, 0.3) is 0 Å². The second-order valence-corrected chi connectivity index (χ2v) is 4.80. The van der Waals surface area contributed by atoms with Crippen molar-refractivity contribution < 1.29 is 34.0 Å². The number of halogens is 1. The first-order chi connectivity index (χ1) is 11.9. The van der Waals surface area contributed by atoms with Crippen LogP contribution in [-0.4, -0.2) is 68.8 Å². The van der Waals surface area contributed by atoms with Gasteiger partial charge < -0.3 is 30.2 Å².